The Kier molecular flexibility index (Phi) is 2.08. The average molecular weight is 210 g/mol. The Hall–Kier alpha value is -0.110. The van der Waals surface area contributed by atoms with Crippen LogP contribution in [-0.2, 0) is 4.74 Å². The minimum absolute atomic E-state index is 0.483. The Balaban J connectivity index is 1.73. The first-order valence-corrected chi connectivity index (χ1v) is 6.34. The van der Waals surface area contributed by atoms with E-state index in [0.717, 1.165) is 28.7 Å². The maximum absolute atomic E-state index is 5.78. The summed E-state index contributed by atoms with van der Waals surface area (Å²) in [4.78, 5) is 0. The highest BCUT2D eigenvalue weighted by atomic mass is 32.1. The number of hydrogen-bond donors (Lipinski definition) is 0. The fourth-order valence-corrected chi connectivity index (χ4v) is 4.48. The number of fused-ring (bicyclic) bond motifs is 5. The molecule has 3 rings (SSSR count). The van der Waals surface area contributed by atoms with E-state index in [1.54, 1.807) is 0 Å². The molecule has 1 nitrogen and oxygen atoms in total. The van der Waals surface area contributed by atoms with Gasteiger partial charge in [-0.1, -0.05) is 6.42 Å². The minimum Gasteiger partial charge on any atom is -0.484 e. The van der Waals surface area contributed by atoms with Gasteiger partial charge in [0.25, 0.3) is 0 Å². The molecule has 5 atom stereocenters. The second-order valence-corrected chi connectivity index (χ2v) is 5.88. The summed E-state index contributed by atoms with van der Waals surface area (Å²) in [5.41, 5.74) is 0. The molecule has 0 N–H and O–H groups in total. The van der Waals surface area contributed by atoms with Crippen LogP contribution in [-0.4, -0.2) is 11.2 Å². The molecule has 3 aliphatic rings. The van der Waals surface area contributed by atoms with Gasteiger partial charge in [-0.05, 0) is 61.6 Å². The molecule has 78 valence electrons. The van der Waals surface area contributed by atoms with E-state index in [-0.39, 0.29) is 0 Å². The van der Waals surface area contributed by atoms with Crippen molar-refractivity contribution in [2.45, 2.75) is 45.1 Å². The maximum Gasteiger partial charge on any atom is 0.157 e. The van der Waals surface area contributed by atoms with E-state index in [4.69, 9.17) is 17.0 Å². The van der Waals surface area contributed by atoms with Gasteiger partial charge in [-0.3, -0.25) is 0 Å². The van der Waals surface area contributed by atoms with Crippen LogP contribution in [0.4, 0.5) is 0 Å². The molecule has 0 aromatic carbocycles. The fraction of sp³-hybridized carbons (Fsp3) is 0.917. The second kappa shape index (κ2) is 3.19. The monoisotopic (exact) mass is 210 g/mol. The van der Waals surface area contributed by atoms with Gasteiger partial charge in [0.15, 0.2) is 5.05 Å². The van der Waals surface area contributed by atoms with Crippen molar-refractivity contribution in [1.29, 1.82) is 0 Å². The van der Waals surface area contributed by atoms with E-state index >= 15 is 0 Å². The maximum atomic E-state index is 5.78. The number of hydrogen-bond acceptors (Lipinski definition) is 2. The Morgan fingerprint density at radius 2 is 1.93 bits per heavy atom. The van der Waals surface area contributed by atoms with Gasteiger partial charge < -0.3 is 4.74 Å². The van der Waals surface area contributed by atoms with Crippen LogP contribution in [0.1, 0.15) is 39.0 Å². The van der Waals surface area contributed by atoms with Crippen molar-refractivity contribution in [2.75, 3.05) is 0 Å². The normalized spacial score (nSPS) is 49.4. The summed E-state index contributed by atoms with van der Waals surface area (Å²) in [6, 6.07) is 0. The van der Waals surface area contributed by atoms with Crippen LogP contribution in [0.5, 0.6) is 0 Å². The third-order valence-corrected chi connectivity index (χ3v) is 4.78. The van der Waals surface area contributed by atoms with Gasteiger partial charge >= 0.3 is 0 Å². The summed E-state index contributed by atoms with van der Waals surface area (Å²) >= 11 is 5.05. The van der Waals surface area contributed by atoms with Gasteiger partial charge in [0.1, 0.15) is 6.10 Å². The largest absolute Gasteiger partial charge is 0.484 e. The lowest BCUT2D eigenvalue weighted by atomic mass is 9.80. The highest BCUT2D eigenvalue weighted by Gasteiger charge is 2.54. The number of thiocarbonyl (C=S) groups is 1. The zero-order valence-electron chi connectivity index (χ0n) is 8.74. The van der Waals surface area contributed by atoms with E-state index < -0.39 is 0 Å². The van der Waals surface area contributed by atoms with Crippen molar-refractivity contribution >= 4 is 17.3 Å². The van der Waals surface area contributed by atoms with Crippen LogP contribution in [0.25, 0.3) is 0 Å². The van der Waals surface area contributed by atoms with Crippen LogP contribution < -0.4 is 0 Å². The zero-order valence-corrected chi connectivity index (χ0v) is 9.56. The first-order valence-electron chi connectivity index (χ1n) is 5.93. The Morgan fingerprint density at radius 1 is 1.14 bits per heavy atom. The molecule has 4 unspecified atom stereocenters. The average Bonchev–Trinajstić information content (AvgIpc) is 2.68. The van der Waals surface area contributed by atoms with Crippen molar-refractivity contribution in [3.63, 3.8) is 0 Å². The molecule has 0 aromatic rings. The van der Waals surface area contributed by atoms with Crippen LogP contribution >= 0.6 is 12.2 Å². The van der Waals surface area contributed by atoms with Gasteiger partial charge in [-0.25, -0.2) is 0 Å². The molecule has 2 heteroatoms. The molecule has 0 spiro atoms. The minimum atomic E-state index is 0.483. The molecule has 14 heavy (non-hydrogen) atoms. The molecular formula is C12H18OS. The van der Waals surface area contributed by atoms with Crippen molar-refractivity contribution < 1.29 is 4.74 Å². The molecule has 0 aromatic heterocycles. The number of rotatable bonds is 1. The molecule has 0 heterocycles. The summed E-state index contributed by atoms with van der Waals surface area (Å²) < 4.78 is 5.78. The third-order valence-electron chi connectivity index (χ3n) is 4.69. The molecule has 3 fully saturated rings. The first kappa shape index (κ1) is 9.14. The summed E-state index contributed by atoms with van der Waals surface area (Å²) in [7, 11) is 0. The van der Waals surface area contributed by atoms with Crippen molar-refractivity contribution in [3.05, 3.63) is 0 Å². The standard InChI is InChI=1S/C12H18OS/c1-7(14)13-12-6-8-5-11(12)10-4-2-3-9(8)10/h8-12H,2-6H2,1H3/t8?,9?,10?,11?,12-/m1/s1. The highest BCUT2D eigenvalue weighted by Crippen LogP contribution is 2.59. The Morgan fingerprint density at radius 3 is 2.71 bits per heavy atom. The van der Waals surface area contributed by atoms with Crippen LogP contribution in [0.3, 0.4) is 0 Å². The molecule has 3 aliphatic carbocycles. The lowest BCUT2D eigenvalue weighted by Gasteiger charge is -2.31. The smallest absolute Gasteiger partial charge is 0.157 e. The SMILES string of the molecule is CC(=S)O[C@@H]1CC2CC1C1CCCC21. The van der Waals surface area contributed by atoms with Crippen molar-refractivity contribution in [3.8, 4) is 0 Å². The van der Waals surface area contributed by atoms with E-state index in [1.165, 1.54) is 32.1 Å². The van der Waals surface area contributed by atoms with Crippen molar-refractivity contribution in [2.24, 2.45) is 23.7 Å². The fourth-order valence-electron chi connectivity index (χ4n) is 4.35. The van der Waals surface area contributed by atoms with Gasteiger partial charge in [0, 0.05) is 6.92 Å². The lowest BCUT2D eigenvalue weighted by molar-refractivity contribution is 0.0771. The van der Waals surface area contributed by atoms with Crippen molar-refractivity contribution in [1.82, 2.24) is 0 Å². The molecule has 0 amide bonds. The summed E-state index contributed by atoms with van der Waals surface area (Å²) in [6.45, 7) is 1.91. The van der Waals surface area contributed by atoms with E-state index in [2.05, 4.69) is 0 Å². The van der Waals surface area contributed by atoms with Crippen LogP contribution in [0.2, 0.25) is 0 Å². The third kappa shape index (κ3) is 1.23. The molecule has 0 radical (unpaired) electrons. The van der Waals surface area contributed by atoms with E-state index in [1.807, 2.05) is 6.92 Å². The zero-order chi connectivity index (χ0) is 9.71. The van der Waals surface area contributed by atoms with Crippen LogP contribution in [0.15, 0.2) is 0 Å². The van der Waals surface area contributed by atoms with Gasteiger partial charge in [0.05, 0.1) is 0 Å². The van der Waals surface area contributed by atoms with Gasteiger partial charge in [-0.15, -0.1) is 0 Å². The Labute approximate surface area is 91.2 Å². The quantitative estimate of drug-likeness (QED) is 0.615. The summed E-state index contributed by atoms with van der Waals surface area (Å²) in [6.07, 6.45) is 7.63. The first-order chi connectivity index (χ1) is 6.75. The second-order valence-electron chi connectivity index (χ2n) is 5.30. The molecular weight excluding hydrogens is 192 g/mol. The molecule has 2 bridgehead atoms. The molecule has 0 saturated heterocycles. The predicted octanol–water partition coefficient (Wildman–Crippen LogP) is 3.18. The molecule has 0 aliphatic heterocycles. The van der Waals surface area contributed by atoms with E-state index in [0.29, 0.717) is 6.10 Å². The summed E-state index contributed by atoms with van der Waals surface area (Å²) in [5, 5.41) is 0.747. The topological polar surface area (TPSA) is 9.23 Å². The highest BCUT2D eigenvalue weighted by molar-refractivity contribution is 7.80. The van der Waals surface area contributed by atoms with E-state index in [9.17, 15) is 0 Å². The molecule has 3 saturated carbocycles. The lowest BCUT2D eigenvalue weighted by Crippen LogP contribution is -2.31. The van der Waals surface area contributed by atoms with Gasteiger partial charge in [-0.2, -0.15) is 0 Å². The van der Waals surface area contributed by atoms with Gasteiger partial charge in [0.2, 0.25) is 0 Å². The number of ether oxygens (including phenoxy) is 1. The Bertz CT molecular complexity index is 263. The summed E-state index contributed by atoms with van der Waals surface area (Å²) in [5.74, 6) is 3.88. The van der Waals surface area contributed by atoms with Crippen LogP contribution in [0, 0.1) is 23.7 Å². The predicted molar refractivity (Wildman–Crippen MR) is 60.2 cm³/mol.